The van der Waals surface area contributed by atoms with Gasteiger partial charge >= 0.3 is 0 Å². The Kier molecular flexibility index (Phi) is 1.42. The van der Waals surface area contributed by atoms with E-state index in [1.807, 2.05) is 30.4 Å². The summed E-state index contributed by atoms with van der Waals surface area (Å²) in [5, 5.41) is 0. The van der Waals surface area contributed by atoms with Crippen LogP contribution in [-0.2, 0) is 0 Å². The first kappa shape index (κ1) is 7.63. The highest BCUT2D eigenvalue weighted by Gasteiger charge is 2.30. The van der Waals surface area contributed by atoms with E-state index in [2.05, 4.69) is 18.7 Å². The second-order valence-corrected chi connectivity index (χ2v) is 3.55. The van der Waals surface area contributed by atoms with E-state index in [1.54, 1.807) is 0 Å². The highest BCUT2D eigenvalue weighted by Crippen LogP contribution is 2.41. The summed E-state index contributed by atoms with van der Waals surface area (Å²) in [7, 11) is 0. The zero-order valence-electron chi connectivity index (χ0n) is 7.73. The third-order valence-corrected chi connectivity index (χ3v) is 2.65. The summed E-state index contributed by atoms with van der Waals surface area (Å²) in [5.74, 6) is 0.966. The summed E-state index contributed by atoms with van der Waals surface area (Å²) in [6.45, 7) is 3.99. The third-order valence-electron chi connectivity index (χ3n) is 2.65. The van der Waals surface area contributed by atoms with Crippen molar-refractivity contribution in [3.63, 3.8) is 0 Å². The molecule has 1 heterocycles. The highest BCUT2D eigenvalue weighted by atomic mass is 16.5. The molecule has 0 saturated heterocycles. The van der Waals surface area contributed by atoms with Crippen molar-refractivity contribution in [3.05, 3.63) is 60.2 Å². The Morgan fingerprint density at radius 3 is 3.00 bits per heavy atom. The molecule has 0 bridgehead atoms. The van der Waals surface area contributed by atoms with Crippen LogP contribution in [-0.4, -0.2) is 6.10 Å². The van der Waals surface area contributed by atoms with Crippen molar-refractivity contribution in [3.8, 4) is 5.75 Å². The van der Waals surface area contributed by atoms with Crippen LogP contribution in [0.3, 0.4) is 0 Å². The monoisotopic (exact) mass is 182 g/mol. The lowest BCUT2D eigenvalue weighted by Crippen LogP contribution is -2.15. The Balaban J connectivity index is 2.19. The first-order valence-corrected chi connectivity index (χ1v) is 4.69. The van der Waals surface area contributed by atoms with Gasteiger partial charge in [-0.25, -0.2) is 0 Å². The second kappa shape index (κ2) is 2.61. The molecule has 2 aliphatic rings. The summed E-state index contributed by atoms with van der Waals surface area (Å²) in [4.78, 5) is 0. The lowest BCUT2D eigenvalue weighted by Gasteiger charge is -2.15. The minimum atomic E-state index is 0.0393. The minimum absolute atomic E-state index is 0.0393. The number of hydrogen-bond donors (Lipinski definition) is 0. The van der Waals surface area contributed by atoms with Crippen LogP contribution in [0, 0.1) is 0 Å². The van der Waals surface area contributed by atoms with E-state index in [9.17, 15) is 0 Å². The normalized spacial score (nSPS) is 22.4. The molecule has 14 heavy (non-hydrogen) atoms. The number of hydrogen-bond acceptors (Lipinski definition) is 1. The molecule has 1 atom stereocenters. The van der Waals surface area contributed by atoms with E-state index in [0.717, 1.165) is 11.3 Å². The average Bonchev–Trinajstić information content (AvgIpc) is 2.59. The van der Waals surface area contributed by atoms with Crippen LogP contribution in [0.1, 0.15) is 5.56 Å². The maximum absolute atomic E-state index is 5.80. The van der Waals surface area contributed by atoms with Gasteiger partial charge in [-0.3, -0.25) is 0 Å². The van der Waals surface area contributed by atoms with Gasteiger partial charge in [-0.1, -0.05) is 43.0 Å². The molecular formula is C13H10O. The maximum Gasteiger partial charge on any atom is 0.149 e. The number of ether oxygens (including phenoxy) is 1. The van der Waals surface area contributed by atoms with Crippen LogP contribution in [0.15, 0.2) is 54.6 Å². The van der Waals surface area contributed by atoms with Gasteiger partial charge in [-0.2, -0.15) is 0 Å². The van der Waals surface area contributed by atoms with Crippen LogP contribution in [0.25, 0.3) is 5.57 Å². The van der Waals surface area contributed by atoms with E-state index in [0.29, 0.717) is 0 Å². The van der Waals surface area contributed by atoms with Crippen LogP contribution in [0.5, 0.6) is 5.75 Å². The molecule has 0 radical (unpaired) electrons. The summed E-state index contributed by atoms with van der Waals surface area (Å²) in [5.41, 5.74) is 3.45. The lowest BCUT2D eigenvalue weighted by atomic mass is 9.94. The van der Waals surface area contributed by atoms with Crippen molar-refractivity contribution < 1.29 is 4.74 Å². The van der Waals surface area contributed by atoms with Crippen molar-refractivity contribution in [2.24, 2.45) is 0 Å². The molecule has 1 aromatic rings. The SMILES string of the molecule is C=C1C=CC=C2c3ccccc3OC12. The second-order valence-electron chi connectivity index (χ2n) is 3.55. The average molecular weight is 182 g/mol. The zero-order valence-corrected chi connectivity index (χ0v) is 7.73. The van der Waals surface area contributed by atoms with Crippen LogP contribution in [0.4, 0.5) is 0 Å². The molecule has 1 unspecified atom stereocenters. The topological polar surface area (TPSA) is 9.23 Å². The predicted molar refractivity (Wildman–Crippen MR) is 57.1 cm³/mol. The fourth-order valence-electron chi connectivity index (χ4n) is 1.95. The largest absolute Gasteiger partial charge is 0.480 e. The standard InChI is InChI=1S/C13H10O/c1-9-5-4-7-11-10-6-2-3-8-12(10)14-13(9)11/h2-8,13H,1H2. The lowest BCUT2D eigenvalue weighted by molar-refractivity contribution is 0.315. The zero-order chi connectivity index (χ0) is 9.54. The Morgan fingerprint density at radius 2 is 2.07 bits per heavy atom. The fraction of sp³-hybridized carbons (Fsp3) is 0.0769. The van der Waals surface area contributed by atoms with Gasteiger partial charge in [0, 0.05) is 11.1 Å². The maximum atomic E-state index is 5.80. The number of fused-ring (bicyclic) bond motifs is 3. The minimum Gasteiger partial charge on any atom is -0.480 e. The Hall–Kier alpha value is -1.76. The van der Waals surface area contributed by atoms with Crippen molar-refractivity contribution in [2.45, 2.75) is 6.10 Å². The van der Waals surface area contributed by atoms with E-state index in [4.69, 9.17) is 4.74 Å². The third kappa shape index (κ3) is 0.896. The van der Waals surface area contributed by atoms with Crippen molar-refractivity contribution in [1.82, 2.24) is 0 Å². The molecule has 0 fully saturated rings. The summed E-state index contributed by atoms with van der Waals surface area (Å²) in [6.07, 6.45) is 6.17. The van der Waals surface area contributed by atoms with Gasteiger partial charge < -0.3 is 4.74 Å². The van der Waals surface area contributed by atoms with Gasteiger partial charge in [-0.05, 0) is 11.6 Å². The summed E-state index contributed by atoms with van der Waals surface area (Å²) in [6, 6.07) is 8.12. The van der Waals surface area contributed by atoms with Gasteiger partial charge in [0.1, 0.15) is 11.9 Å². The van der Waals surface area contributed by atoms with Crippen LogP contribution >= 0.6 is 0 Å². The summed E-state index contributed by atoms with van der Waals surface area (Å²) < 4.78 is 5.80. The molecule has 0 saturated carbocycles. The molecule has 1 aliphatic heterocycles. The molecule has 1 aliphatic carbocycles. The fourth-order valence-corrected chi connectivity index (χ4v) is 1.95. The van der Waals surface area contributed by atoms with Gasteiger partial charge in [0.15, 0.2) is 0 Å². The molecule has 3 rings (SSSR count). The molecule has 0 spiro atoms. The van der Waals surface area contributed by atoms with Crippen molar-refractivity contribution in [1.29, 1.82) is 0 Å². The smallest absolute Gasteiger partial charge is 0.149 e. The molecule has 1 aromatic carbocycles. The van der Waals surface area contributed by atoms with Crippen LogP contribution in [0.2, 0.25) is 0 Å². The Morgan fingerprint density at radius 1 is 1.21 bits per heavy atom. The van der Waals surface area contributed by atoms with Crippen molar-refractivity contribution >= 4 is 5.57 Å². The molecule has 0 aromatic heterocycles. The Bertz CT molecular complexity index is 466. The molecule has 1 nitrogen and oxygen atoms in total. The predicted octanol–water partition coefficient (Wildman–Crippen LogP) is 2.96. The van der Waals surface area contributed by atoms with E-state index < -0.39 is 0 Å². The quantitative estimate of drug-likeness (QED) is 0.599. The van der Waals surface area contributed by atoms with Gasteiger partial charge in [0.05, 0.1) is 0 Å². The van der Waals surface area contributed by atoms with Gasteiger partial charge in [0.25, 0.3) is 0 Å². The van der Waals surface area contributed by atoms with E-state index in [1.165, 1.54) is 11.1 Å². The van der Waals surface area contributed by atoms with E-state index in [-0.39, 0.29) is 6.10 Å². The number of allylic oxidation sites excluding steroid dienone is 2. The van der Waals surface area contributed by atoms with Gasteiger partial charge in [-0.15, -0.1) is 0 Å². The Labute approximate surface area is 83.0 Å². The number of rotatable bonds is 0. The first-order valence-electron chi connectivity index (χ1n) is 4.69. The molecule has 0 amide bonds. The molecule has 0 N–H and O–H groups in total. The van der Waals surface area contributed by atoms with E-state index >= 15 is 0 Å². The molecular weight excluding hydrogens is 172 g/mol. The first-order chi connectivity index (χ1) is 6.86. The number of para-hydroxylation sites is 1. The molecule has 68 valence electrons. The van der Waals surface area contributed by atoms with Crippen LogP contribution < -0.4 is 4.74 Å². The van der Waals surface area contributed by atoms with Crippen molar-refractivity contribution in [2.75, 3.05) is 0 Å². The highest BCUT2D eigenvalue weighted by molar-refractivity contribution is 5.82. The summed E-state index contributed by atoms with van der Waals surface area (Å²) >= 11 is 0. The number of benzene rings is 1. The van der Waals surface area contributed by atoms with Gasteiger partial charge in [0.2, 0.25) is 0 Å². The molecule has 1 heteroatoms.